The number of fused-ring (bicyclic) bond motifs is 5. The van der Waals surface area contributed by atoms with Gasteiger partial charge in [0.2, 0.25) is 0 Å². The Bertz CT molecular complexity index is 1910. The van der Waals surface area contributed by atoms with Crippen LogP contribution in [0.5, 0.6) is 23.0 Å². The smallest absolute Gasteiger partial charge is 0.255 e. The van der Waals surface area contributed by atoms with Gasteiger partial charge in [-0.25, -0.2) is 4.98 Å². The van der Waals surface area contributed by atoms with Gasteiger partial charge in [0, 0.05) is 28.3 Å². The van der Waals surface area contributed by atoms with Crippen LogP contribution in [-0.2, 0) is 11.2 Å². The second kappa shape index (κ2) is 9.90. The van der Waals surface area contributed by atoms with E-state index < -0.39 is 22.7 Å². The summed E-state index contributed by atoms with van der Waals surface area (Å²) in [5.74, 6) is 1.32. The van der Waals surface area contributed by atoms with Crippen molar-refractivity contribution in [3.8, 4) is 34.4 Å². The summed E-state index contributed by atoms with van der Waals surface area (Å²) in [5.41, 5.74) is -1.09. The number of nitrogens with zero attached hydrogens (tertiary/aromatic N) is 1. The van der Waals surface area contributed by atoms with Crippen molar-refractivity contribution in [1.29, 1.82) is 0 Å². The Kier molecular flexibility index (Phi) is 6.23. The summed E-state index contributed by atoms with van der Waals surface area (Å²) < 4.78 is 23.8. The van der Waals surface area contributed by atoms with Gasteiger partial charge in [-0.2, -0.15) is 0 Å². The molecule has 0 fully saturated rings. The van der Waals surface area contributed by atoms with Gasteiger partial charge in [0.25, 0.3) is 5.56 Å². The highest BCUT2D eigenvalue weighted by atomic mass is 35.5. The number of H-pyrrole nitrogens is 1. The van der Waals surface area contributed by atoms with Gasteiger partial charge < -0.3 is 29.0 Å². The molecule has 5 aromatic rings. The minimum atomic E-state index is -1.97. The highest BCUT2D eigenvalue weighted by Gasteiger charge is 2.73. The molecule has 9 heteroatoms. The zero-order chi connectivity index (χ0) is 29.9. The molecule has 0 spiro atoms. The third-order valence-electron chi connectivity index (χ3n) is 8.43. The molecule has 1 aliphatic carbocycles. The lowest BCUT2D eigenvalue weighted by molar-refractivity contribution is -0.0909. The van der Waals surface area contributed by atoms with Gasteiger partial charge in [0.05, 0.1) is 44.1 Å². The average Bonchev–Trinajstić information content (AvgIpc) is 3.44. The molecule has 3 atom stereocenters. The minimum Gasteiger partial charge on any atom is -0.497 e. The van der Waals surface area contributed by atoms with Crippen LogP contribution >= 0.6 is 11.6 Å². The van der Waals surface area contributed by atoms with E-state index in [0.29, 0.717) is 50.3 Å². The summed E-state index contributed by atoms with van der Waals surface area (Å²) in [6.45, 7) is 0. The molecular weight excluding hydrogens is 568 g/mol. The number of nitrogens with one attached hydrogen (secondary N) is 1. The van der Waals surface area contributed by atoms with Crippen molar-refractivity contribution in [2.45, 2.75) is 17.1 Å². The average molecular weight is 595 g/mol. The predicted octanol–water partition coefficient (Wildman–Crippen LogP) is 5.79. The number of benzene rings is 4. The maximum absolute atomic E-state index is 14.2. The van der Waals surface area contributed by atoms with Gasteiger partial charge in [0.1, 0.15) is 28.8 Å². The first-order chi connectivity index (χ1) is 20.8. The first-order valence-corrected chi connectivity index (χ1v) is 14.0. The molecule has 216 valence electrons. The SMILES string of the molecule is COc1ccc([C@@]23Oc4cc(OC)cc(OC)c4[C@]2(O)c2nc(-c4ccc(Cl)cc4)[nH]c(=O)c2C3c2ccccc2)cc1. The van der Waals surface area contributed by atoms with Crippen LogP contribution in [0.3, 0.4) is 0 Å². The van der Waals surface area contributed by atoms with Crippen LogP contribution in [0, 0.1) is 0 Å². The van der Waals surface area contributed by atoms with E-state index in [1.54, 1.807) is 62.8 Å². The molecule has 0 saturated carbocycles. The largest absolute Gasteiger partial charge is 0.497 e. The van der Waals surface area contributed by atoms with E-state index in [2.05, 4.69) is 4.98 Å². The van der Waals surface area contributed by atoms with Gasteiger partial charge in [-0.3, -0.25) is 4.79 Å². The van der Waals surface area contributed by atoms with E-state index in [-0.39, 0.29) is 11.5 Å². The van der Waals surface area contributed by atoms with Gasteiger partial charge in [-0.15, -0.1) is 0 Å². The monoisotopic (exact) mass is 594 g/mol. The minimum absolute atomic E-state index is 0.174. The fourth-order valence-electron chi connectivity index (χ4n) is 6.57. The summed E-state index contributed by atoms with van der Waals surface area (Å²) in [6.07, 6.45) is 0. The van der Waals surface area contributed by atoms with E-state index in [1.807, 2.05) is 42.5 Å². The molecule has 0 bridgehead atoms. The van der Waals surface area contributed by atoms with Crippen molar-refractivity contribution in [3.63, 3.8) is 0 Å². The topological polar surface area (TPSA) is 103 Å². The lowest BCUT2D eigenvalue weighted by Gasteiger charge is -2.40. The summed E-state index contributed by atoms with van der Waals surface area (Å²) in [6, 6.07) is 27.2. The van der Waals surface area contributed by atoms with Crippen molar-refractivity contribution < 1.29 is 24.1 Å². The van der Waals surface area contributed by atoms with Crippen molar-refractivity contribution >= 4 is 11.6 Å². The second-order valence-electron chi connectivity index (χ2n) is 10.5. The van der Waals surface area contributed by atoms with E-state index in [0.717, 1.165) is 5.56 Å². The first kappa shape index (κ1) is 27.1. The molecule has 2 heterocycles. The molecule has 43 heavy (non-hydrogen) atoms. The zero-order valence-electron chi connectivity index (χ0n) is 23.6. The Labute approximate surface area is 252 Å². The Hall–Kier alpha value is -4.79. The maximum Gasteiger partial charge on any atom is 0.255 e. The van der Waals surface area contributed by atoms with Crippen LogP contribution in [-0.4, -0.2) is 36.4 Å². The van der Waals surface area contributed by atoms with Crippen LogP contribution in [0.15, 0.2) is 95.8 Å². The van der Waals surface area contributed by atoms with Crippen molar-refractivity contribution in [2.75, 3.05) is 21.3 Å². The molecule has 8 nitrogen and oxygen atoms in total. The van der Waals surface area contributed by atoms with E-state index in [9.17, 15) is 9.90 Å². The molecule has 1 aromatic heterocycles. The standard InChI is InChI=1S/C34H27ClN2O6/c1-40-23-15-11-21(12-16-23)34-28(19-7-5-4-6-8-19)27-30(36-31(37-32(27)38)20-9-13-22(35)14-10-20)33(34,39)29-25(42-3)17-24(41-2)18-26(29)43-34/h4-18,28,39H,1-3H3,(H,36,37,38)/t28?,33-,34-/m0/s1. The molecule has 4 aromatic carbocycles. The van der Waals surface area contributed by atoms with Crippen LogP contribution in [0.25, 0.3) is 11.4 Å². The Morgan fingerprint density at radius 1 is 0.884 bits per heavy atom. The van der Waals surface area contributed by atoms with Crippen molar-refractivity contribution in [3.05, 3.63) is 134 Å². The number of hydrogen-bond acceptors (Lipinski definition) is 7. The summed E-state index contributed by atoms with van der Waals surface area (Å²) in [5, 5.41) is 13.9. The Balaban J connectivity index is 1.63. The molecule has 2 aliphatic rings. The van der Waals surface area contributed by atoms with Crippen molar-refractivity contribution in [1.82, 2.24) is 9.97 Å². The quantitative estimate of drug-likeness (QED) is 0.257. The Morgan fingerprint density at radius 2 is 1.58 bits per heavy atom. The fraction of sp³-hybridized carbons (Fsp3) is 0.176. The van der Waals surface area contributed by atoms with Crippen LogP contribution in [0.4, 0.5) is 0 Å². The molecule has 1 aliphatic heterocycles. The van der Waals surface area contributed by atoms with Crippen LogP contribution in [0.2, 0.25) is 5.02 Å². The first-order valence-electron chi connectivity index (χ1n) is 13.6. The molecule has 0 radical (unpaired) electrons. The zero-order valence-corrected chi connectivity index (χ0v) is 24.3. The number of rotatable bonds is 6. The Morgan fingerprint density at radius 3 is 2.23 bits per heavy atom. The highest BCUT2D eigenvalue weighted by molar-refractivity contribution is 6.30. The van der Waals surface area contributed by atoms with Crippen LogP contribution in [0.1, 0.15) is 33.9 Å². The third kappa shape index (κ3) is 3.73. The van der Waals surface area contributed by atoms with Gasteiger partial charge in [0.15, 0.2) is 11.2 Å². The van der Waals surface area contributed by atoms with Gasteiger partial charge >= 0.3 is 0 Å². The maximum atomic E-state index is 14.2. The number of hydrogen-bond donors (Lipinski definition) is 2. The highest BCUT2D eigenvalue weighted by Crippen LogP contribution is 2.69. The number of ether oxygens (including phenoxy) is 4. The molecular formula is C34H27ClN2O6. The number of aromatic nitrogens is 2. The van der Waals surface area contributed by atoms with Gasteiger partial charge in [-0.05, 0) is 42.0 Å². The summed E-state index contributed by atoms with van der Waals surface area (Å²) >= 11 is 6.15. The number of aliphatic hydroxyl groups is 1. The lowest BCUT2D eigenvalue weighted by Crippen LogP contribution is -2.49. The number of methoxy groups -OCH3 is 3. The predicted molar refractivity (Wildman–Crippen MR) is 161 cm³/mol. The molecule has 0 saturated heterocycles. The molecule has 7 rings (SSSR count). The molecule has 2 N–H and O–H groups in total. The van der Waals surface area contributed by atoms with Gasteiger partial charge in [-0.1, -0.05) is 54.1 Å². The van der Waals surface area contributed by atoms with Crippen LogP contribution < -0.4 is 24.5 Å². The fourth-order valence-corrected chi connectivity index (χ4v) is 6.70. The summed E-state index contributed by atoms with van der Waals surface area (Å²) in [4.78, 5) is 22.2. The second-order valence-corrected chi connectivity index (χ2v) is 10.9. The third-order valence-corrected chi connectivity index (χ3v) is 8.68. The van der Waals surface area contributed by atoms with E-state index in [1.165, 1.54) is 7.11 Å². The number of halogens is 1. The molecule has 0 amide bonds. The van der Waals surface area contributed by atoms with E-state index >= 15 is 0 Å². The summed E-state index contributed by atoms with van der Waals surface area (Å²) in [7, 11) is 4.65. The number of aromatic amines is 1. The normalized spacial score (nSPS) is 21.4. The van der Waals surface area contributed by atoms with E-state index in [4.69, 9.17) is 35.5 Å². The molecule has 1 unspecified atom stereocenters. The lowest BCUT2D eigenvalue weighted by atomic mass is 9.70. The van der Waals surface area contributed by atoms with Crippen molar-refractivity contribution in [2.24, 2.45) is 0 Å².